The molecule has 0 bridgehead atoms. The summed E-state index contributed by atoms with van der Waals surface area (Å²) >= 11 is 0. The minimum absolute atomic E-state index is 0.0427. The van der Waals surface area contributed by atoms with Gasteiger partial charge in [-0.1, -0.05) is 42.5 Å². The summed E-state index contributed by atoms with van der Waals surface area (Å²) in [7, 11) is 0. The zero-order chi connectivity index (χ0) is 18.5. The second kappa shape index (κ2) is 5.91. The van der Waals surface area contributed by atoms with Crippen LogP contribution in [0.4, 0.5) is 0 Å². The molecule has 2 aromatic carbocycles. The largest absolute Gasteiger partial charge is 0.310 e. The van der Waals surface area contributed by atoms with Crippen molar-refractivity contribution in [2.45, 2.75) is 31.3 Å². The molecular weight excluding hydrogens is 340 g/mol. The topological polar surface area (TPSA) is 57.7 Å². The predicted molar refractivity (Wildman–Crippen MR) is 98.8 cm³/mol. The van der Waals surface area contributed by atoms with Crippen molar-refractivity contribution in [3.8, 4) is 0 Å². The van der Waals surface area contributed by atoms with Gasteiger partial charge in [0, 0.05) is 12.6 Å². The maximum atomic E-state index is 13.4. The monoisotopic (exact) mass is 358 g/mol. The van der Waals surface area contributed by atoms with E-state index in [-0.39, 0.29) is 23.8 Å². The molecular formula is C22H18N2O3. The van der Waals surface area contributed by atoms with E-state index < -0.39 is 6.04 Å². The minimum Gasteiger partial charge on any atom is -0.310 e. The zero-order valence-electron chi connectivity index (χ0n) is 14.7. The van der Waals surface area contributed by atoms with Crippen LogP contribution in [0.15, 0.2) is 60.8 Å². The third kappa shape index (κ3) is 2.28. The predicted octanol–water partition coefficient (Wildman–Crippen LogP) is 3.08. The van der Waals surface area contributed by atoms with Crippen molar-refractivity contribution < 1.29 is 14.4 Å². The van der Waals surface area contributed by atoms with Gasteiger partial charge in [-0.05, 0) is 36.1 Å². The Hall–Kier alpha value is -3.21. The Labute approximate surface area is 156 Å². The smallest absolute Gasteiger partial charge is 0.262 e. The quantitative estimate of drug-likeness (QED) is 0.736. The van der Waals surface area contributed by atoms with Crippen LogP contribution < -0.4 is 0 Å². The molecule has 2 atom stereocenters. The van der Waals surface area contributed by atoms with E-state index >= 15 is 0 Å². The fraction of sp³-hybridized carbons (Fsp3) is 0.227. The maximum absolute atomic E-state index is 13.4. The highest BCUT2D eigenvalue weighted by Crippen LogP contribution is 2.38. The Morgan fingerprint density at radius 1 is 0.815 bits per heavy atom. The van der Waals surface area contributed by atoms with Crippen molar-refractivity contribution in [3.63, 3.8) is 0 Å². The first-order chi connectivity index (χ1) is 13.2. The summed E-state index contributed by atoms with van der Waals surface area (Å²) in [6, 6.07) is 13.9. The van der Waals surface area contributed by atoms with E-state index in [1.165, 1.54) is 0 Å². The van der Waals surface area contributed by atoms with Crippen molar-refractivity contribution in [1.82, 2.24) is 9.80 Å². The number of fused-ring (bicyclic) bond motifs is 4. The number of allylic oxidation sites excluding steroid dienone is 1. The summed E-state index contributed by atoms with van der Waals surface area (Å²) in [5.41, 5.74) is 2.88. The molecule has 134 valence electrons. The van der Waals surface area contributed by atoms with Gasteiger partial charge in [0.05, 0.1) is 17.2 Å². The molecule has 2 aromatic rings. The Morgan fingerprint density at radius 2 is 1.48 bits per heavy atom. The van der Waals surface area contributed by atoms with Crippen LogP contribution in [0.1, 0.15) is 50.7 Å². The van der Waals surface area contributed by atoms with Crippen LogP contribution in [-0.4, -0.2) is 33.6 Å². The molecule has 0 aromatic heterocycles. The second-order valence-corrected chi connectivity index (χ2v) is 7.17. The first-order valence-electron chi connectivity index (χ1n) is 9.20. The Balaban J connectivity index is 1.62. The van der Waals surface area contributed by atoms with E-state index in [2.05, 4.69) is 0 Å². The van der Waals surface area contributed by atoms with E-state index in [1.807, 2.05) is 36.5 Å². The van der Waals surface area contributed by atoms with Crippen molar-refractivity contribution in [3.05, 3.63) is 83.1 Å². The zero-order valence-corrected chi connectivity index (χ0v) is 14.7. The fourth-order valence-electron chi connectivity index (χ4n) is 4.42. The van der Waals surface area contributed by atoms with Crippen LogP contribution in [0, 0.1) is 0 Å². The molecule has 0 N–H and O–H groups in total. The highest BCUT2D eigenvalue weighted by Gasteiger charge is 2.46. The number of carbonyl (C=O) groups excluding carboxylic acids is 3. The maximum Gasteiger partial charge on any atom is 0.262 e. The van der Waals surface area contributed by atoms with Crippen molar-refractivity contribution >= 4 is 17.7 Å². The average Bonchev–Trinajstić information content (AvgIpc) is 2.89. The van der Waals surface area contributed by atoms with E-state index in [0.29, 0.717) is 17.5 Å². The normalized spacial score (nSPS) is 23.8. The molecule has 5 nitrogen and oxygen atoms in total. The number of hydrogen-bond acceptors (Lipinski definition) is 3. The molecule has 5 heteroatoms. The lowest BCUT2D eigenvalue weighted by Gasteiger charge is -2.33. The molecule has 0 radical (unpaired) electrons. The molecule has 0 saturated carbocycles. The molecule has 0 aliphatic carbocycles. The van der Waals surface area contributed by atoms with Gasteiger partial charge >= 0.3 is 0 Å². The number of benzene rings is 2. The lowest BCUT2D eigenvalue weighted by atomic mass is 9.94. The molecule has 3 amide bonds. The Bertz CT molecular complexity index is 975. The summed E-state index contributed by atoms with van der Waals surface area (Å²) in [5, 5.41) is 0. The van der Waals surface area contributed by atoms with Gasteiger partial charge in [0.15, 0.2) is 0 Å². The van der Waals surface area contributed by atoms with Gasteiger partial charge < -0.3 is 4.90 Å². The van der Waals surface area contributed by atoms with Crippen LogP contribution in [0.3, 0.4) is 0 Å². The number of rotatable bonds is 1. The third-order valence-electron chi connectivity index (χ3n) is 5.71. The van der Waals surface area contributed by atoms with Gasteiger partial charge in [0.1, 0.15) is 6.04 Å². The Kier molecular flexibility index (Phi) is 3.50. The lowest BCUT2D eigenvalue weighted by molar-refractivity contribution is -0.134. The van der Waals surface area contributed by atoms with Gasteiger partial charge in [-0.15, -0.1) is 0 Å². The van der Waals surface area contributed by atoms with Crippen molar-refractivity contribution in [1.29, 1.82) is 0 Å². The Morgan fingerprint density at radius 3 is 2.22 bits per heavy atom. The molecule has 0 fully saturated rings. The van der Waals surface area contributed by atoms with Gasteiger partial charge in [-0.3, -0.25) is 19.3 Å². The van der Waals surface area contributed by atoms with Crippen LogP contribution in [0.5, 0.6) is 0 Å². The highest BCUT2D eigenvalue weighted by atomic mass is 16.2. The van der Waals surface area contributed by atoms with Gasteiger partial charge in [-0.2, -0.15) is 0 Å². The van der Waals surface area contributed by atoms with Gasteiger partial charge in [0.2, 0.25) is 0 Å². The summed E-state index contributed by atoms with van der Waals surface area (Å²) in [6.45, 7) is 0. The van der Waals surface area contributed by atoms with E-state index in [9.17, 15) is 14.4 Å². The van der Waals surface area contributed by atoms with Crippen molar-refractivity contribution in [2.75, 3.05) is 0 Å². The number of nitrogens with zero attached hydrogens (tertiary/aromatic N) is 2. The molecule has 3 aliphatic heterocycles. The van der Waals surface area contributed by atoms with E-state index in [1.54, 1.807) is 29.2 Å². The summed E-state index contributed by atoms with van der Waals surface area (Å²) in [5.74, 6) is -0.960. The van der Waals surface area contributed by atoms with Crippen molar-refractivity contribution in [2.24, 2.45) is 0 Å². The SMILES string of the molecule is O=C1[C@@H](N2C(=O)c3ccccc3C2=O)Cc2ccccc2C2CCC=CN12. The number of imide groups is 1. The summed E-state index contributed by atoms with van der Waals surface area (Å²) in [4.78, 5) is 42.2. The number of amides is 3. The molecule has 5 rings (SSSR count). The first-order valence-corrected chi connectivity index (χ1v) is 9.20. The number of carbonyl (C=O) groups is 3. The second-order valence-electron chi connectivity index (χ2n) is 7.17. The van der Waals surface area contributed by atoms with Crippen LogP contribution >= 0.6 is 0 Å². The molecule has 1 unspecified atom stereocenters. The molecule has 0 saturated heterocycles. The molecule has 3 aliphatic rings. The highest BCUT2D eigenvalue weighted by molar-refractivity contribution is 6.22. The molecule has 0 spiro atoms. The summed E-state index contributed by atoms with van der Waals surface area (Å²) in [6.07, 6.45) is 5.88. The van der Waals surface area contributed by atoms with Crippen LogP contribution in [0.2, 0.25) is 0 Å². The number of hydrogen-bond donors (Lipinski definition) is 0. The first kappa shape index (κ1) is 16.0. The fourth-order valence-corrected chi connectivity index (χ4v) is 4.42. The molecule has 27 heavy (non-hydrogen) atoms. The van der Waals surface area contributed by atoms with Crippen LogP contribution in [0.25, 0.3) is 0 Å². The van der Waals surface area contributed by atoms with Crippen LogP contribution in [-0.2, 0) is 11.2 Å². The van der Waals surface area contributed by atoms with E-state index in [4.69, 9.17) is 0 Å². The summed E-state index contributed by atoms with van der Waals surface area (Å²) < 4.78 is 0. The average molecular weight is 358 g/mol. The van der Waals surface area contributed by atoms with E-state index in [0.717, 1.165) is 28.9 Å². The minimum atomic E-state index is -0.828. The third-order valence-corrected chi connectivity index (χ3v) is 5.71. The molecule has 3 heterocycles. The lowest BCUT2D eigenvalue weighted by Crippen LogP contribution is -2.50. The van der Waals surface area contributed by atoms with Gasteiger partial charge in [-0.25, -0.2) is 0 Å². The standard InChI is InChI=1S/C22H18N2O3/c25-20-16-9-3-4-10-17(16)21(26)24(20)19-13-14-7-1-2-8-15(14)18-11-5-6-12-23(18)22(19)27/h1-4,6-10,12,18-19H,5,11,13H2/t18?,19-/m0/s1. The van der Waals surface area contributed by atoms with Gasteiger partial charge in [0.25, 0.3) is 17.7 Å².